The maximum absolute atomic E-state index is 13.3. The molecule has 0 radical (unpaired) electrons. The Morgan fingerprint density at radius 1 is 1.18 bits per heavy atom. The van der Waals surface area contributed by atoms with Gasteiger partial charge in [-0.3, -0.25) is 19.1 Å². The molecule has 34 heavy (non-hydrogen) atoms. The molecule has 1 amide bonds. The number of nitriles is 1. The Balaban J connectivity index is 2.09. The standard InChI is InChI=1S/C25H28N4O3S2/c1-6-27(7-2)22-19(16(4)20(14-26)23(30)28(22)8-3)13-21-24(31)29(25(33)34-21)15-17-9-11-18(32-5)12-10-17/h9-13H,6-8,15H2,1-5H3. The number of pyridine rings is 1. The number of ether oxygens (including phenoxy) is 1. The van der Waals surface area contributed by atoms with Crippen LogP contribution in [0, 0.1) is 18.3 Å². The lowest BCUT2D eigenvalue weighted by Crippen LogP contribution is -2.34. The van der Waals surface area contributed by atoms with Gasteiger partial charge in [-0.05, 0) is 57.0 Å². The van der Waals surface area contributed by atoms with Crippen LogP contribution in [0.3, 0.4) is 0 Å². The molecule has 2 heterocycles. The highest BCUT2D eigenvalue weighted by Gasteiger charge is 2.33. The molecule has 1 aliphatic heterocycles. The maximum Gasteiger partial charge on any atom is 0.270 e. The first-order chi connectivity index (χ1) is 16.3. The van der Waals surface area contributed by atoms with E-state index in [-0.39, 0.29) is 17.0 Å². The molecule has 1 aromatic carbocycles. The predicted octanol–water partition coefficient (Wildman–Crippen LogP) is 4.30. The highest BCUT2D eigenvalue weighted by Crippen LogP contribution is 2.36. The third-order valence-corrected chi connectivity index (χ3v) is 7.25. The van der Waals surface area contributed by atoms with E-state index in [0.717, 1.165) is 17.1 Å². The zero-order valence-electron chi connectivity index (χ0n) is 20.0. The van der Waals surface area contributed by atoms with E-state index in [1.807, 2.05) is 45.0 Å². The number of anilines is 1. The molecule has 1 saturated heterocycles. The molecule has 7 nitrogen and oxygen atoms in total. The summed E-state index contributed by atoms with van der Waals surface area (Å²) in [5.74, 6) is 1.27. The van der Waals surface area contributed by atoms with Gasteiger partial charge in [-0.1, -0.05) is 36.1 Å². The summed E-state index contributed by atoms with van der Waals surface area (Å²) in [6.45, 7) is 9.80. The van der Waals surface area contributed by atoms with Crippen molar-refractivity contribution in [3.05, 3.63) is 61.8 Å². The number of hydrogen-bond donors (Lipinski definition) is 0. The van der Waals surface area contributed by atoms with Gasteiger partial charge in [0, 0.05) is 25.2 Å². The van der Waals surface area contributed by atoms with Crippen molar-refractivity contribution in [3.8, 4) is 11.8 Å². The van der Waals surface area contributed by atoms with Gasteiger partial charge in [-0.2, -0.15) is 5.26 Å². The highest BCUT2D eigenvalue weighted by atomic mass is 32.2. The second-order valence-corrected chi connectivity index (χ2v) is 9.36. The molecular formula is C25H28N4O3S2. The fourth-order valence-corrected chi connectivity index (χ4v) is 5.22. The number of rotatable bonds is 8. The minimum atomic E-state index is -0.311. The molecule has 0 saturated carbocycles. The van der Waals surface area contributed by atoms with Crippen molar-refractivity contribution >= 4 is 46.1 Å². The molecule has 1 aliphatic rings. The Morgan fingerprint density at radius 2 is 1.82 bits per heavy atom. The first-order valence-electron chi connectivity index (χ1n) is 11.1. The summed E-state index contributed by atoms with van der Waals surface area (Å²) in [4.78, 5) is 30.4. The van der Waals surface area contributed by atoms with Crippen LogP contribution >= 0.6 is 24.0 Å². The molecule has 0 bridgehead atoms. The minimum Gasteiger partial charge on any atom is -0.497 e. The number of methoxy groups -OCH3 is 1. The van der Waals surface area contributed by atoms with E-state index < -0.39 is 0 Å². The molecule has 0 atom stereocenters. The quantitative estimate of drug-likeness (QED) is 0.398. The largest absolute Gasteiger partial charge is 0.497 e. The van der Waals surface area contributed by atoms with E-state index in [2.05, 4.69) is 11.0 Å². The van der Waals surface area contributed by atoms with E-state index in [9.17, 15) is 14.9 Å². The van der Waals surface area contributed by atoms with Crippen molar-refractivity contribution < 1.29 is 9.53 Å². The highest BCUT2D eigenvalue weighted by molar-refractivity contribution is 8.26. The number of benzene rings is 1. The Kier molecular flexibility index (Phi) is 8.18. The van der Waals surface area contributed by atoms with Crippen molar-refractivity contribution in [1.29, 1.82) is 5.26 Å². The normalized spacial score (nSPS) is 14.6. The second kappa shape index (κ2) is 10.9. The Hall–Kier alpha value is -3.09. The number of amides is 1. The topological polar surface area (TPSA) is 78.6 Å². The lowest BCUT2D eigenvalue weighted by molar-refractivity contribution is -0.122. The average Bonchev–Trinajstić information content (AvgIpc) is 3.10. The number of thioether (sulfide) groups is 1. The summed E-state index contributed by atoms with van der Waals surface area (Å²) in [5, 5.41) is 9.68. The minimum absolute atomic E-state index is 0.0951. The van der Waals surface area contributed by atoms with Gasteiger partial charge in [-0.15, -0.1) is 0 Å². The summed E-state index contributed by atoms with van der Waals surface area (Å²) < 4.78 is 7.28. The van der Waals surface area contributed by atoms with Crippen LogP contribution in [0.25, 0.3) is 6.08 Å². The fraction of sp³-hybridized carbons (Fsp3) is 0.360. The number of carbonyl (C=O) groups excluding carboxylic acids is 1. The number of thiocarbonyl (C=S) groups is 1. The number of aromatic nitrogens is 1. The molecule has 178 valence electrons. The van der Waals surface area contributed by atoms with Crippen LogP contribution in [0.5, 0.6) is 5.75 Å². The molecule has 0 N–H and O–H groups in total. The smallest absolute Gasteiger partial charge is 0.270 e. The molecular weight excluding hydrogens is 468 g/mol. The van der Waals surface area contributed by atoms with Crippen molar-refractivity contribution in [2.45, 2.75) is 40.8 Å². The van der Waals surface area contributed by atoms with E-state index in [1.165, 1.54) is 11.8 Å². The summed E-state index contributed by atoms with van der Waals surface area (Å²) >= 11 is 6.76. The van der Waals surface area contributed by atoms with Crippen LogP contribution < -0.4 is 15.2 Å². The number of hydrogen-bond acceptors (Lipinski definition) is 7. The van der Waals surface area contributed by atoms with Gasteiger partial charge >= 0.3 is 0 Å². The molecule has 3 rings (SSSR count). The molecule has 9 heteroatoms. The van der Waals surface area contributed by atoms with Crippen LogP contribution in [0.15, 0.2) is 34.0 Å². The van der Waals surface area contributed by atoms with Crippen molar-refractivity contribution in [1.82, 2.24) is 9.47 Å². The third-order valence-electron chi connectivity index (χ3n) is 5.87. The van der Waals surface area contributed by atoms with E-state index in [1.54, 1.807) is 29.6 Å². The van der Waals surface area contributed by atoms with Gasteiger partial charge in [-0.25, -0.2) is 0 Å². The summed E-state index contributed by atoms with van der Waals surface area (Å²) in [7, 11) is 1.61. The third kappa shape index (κ3) is 4.74. The molecule has 0 spiro atoms. The van der Waals surface area contributed by atoms with Crippen LogP contribution in [-0.4, -0.2) is 39.9 Å². The van der Waals surface area contributed by atoms with E-state index >= 15 is 0 Å². The van der Waals surface area contributed by atoms with Gasteiger partial charge in [0.15, 0.2) is 0 Å². The lowest BCUT2D eigenvalue weighted by atomic mass is 10.0. The Bertz CT molecular complexity index is 1240. The van der Waals surface area contributed by atoms with Gasteiger partial charge in [0.1, 0.15) is 27.5 Å². The van der Waals surface area contributed by atoms with Gasteiger partial charge in [0.25, 0.3) is 11.5 Å². The molecule has 2 aromatic rings. The zero-order chi connectivity index (χ0) is 25.0. The number of nitrogens with zero attached hydrogens (tertiary/aromatic N) is 4. The fourth-order valence-electron chi connectivity index (χ4n) is 3.98. The first-order valence-corrected chi connectivity index (χ1v) is 12.3. The first kappa shape index (κ1) is 25.5. The summed E-state index contributed by atoms with van der Waals surface area (Å²) in [6.07, 6.45) is 1.78. The van der Waals surface area contributed by atoms with Crippen LogP contribution in [-0.2, 0) is 17.9 Å². The van der Waals surface area contributed by atoms with Crippen molar-refractivity contribution in [2.24, 2.45) is 0 Å². The van der Waals surface area contributed by atoms with Crippen molar-refractivity contribution in [2.75, 3.05) is 25.1 Å². The summed E-state index contributed by atoms with van der Waals surface area (Å²) in [5.41, 5.74) is 1.99. The van der Waals surface area contributed by atoms with Gasteiger partial charge < -0.3 is 9.64 Å². The maximum atomic E-state index is 13.3. The lowest BCUT2D eigenvalue weighted by Gasteiger charge is -2.28. The van der Waals surface area contributed by atoms with Crippen molar-refractivity contribution in [3.63, 3.8) is 0 Å². The predicted molar refractivity (Wildman–Crippen MR) is 141 cm³/mol. The average molecular weight is 497 g/mol. The molecule has 1 aromatic heterocycles. The SMILES string of the molecule is CCN(CC)c1c(C=C2SC(=S)N(Cc3ccc(OC)cc3)C2=O)c(C)c(C#N)c(=O)n1CC. The Morgan fingerprint density at radius 3 is 2.35 bits per heavy atom. The molecule has 0 unspecified atom stereocenters. The van der Waals surface area contributed by atoms with Crippen LogP contribution in [0.1, 0.15) is 43.0 Å². The molecule has 1 fully saturated rings. The van der Waals surface area contributed by atoms with E-state index in [0.29, 0.717) is 46.5 Å². The Labute approximate surface area is 209 Å². The zero-order valence-corrected chi connectivity index (χ0v) is 21.7. The second-order valence-electron chi connectivity index (χ2n) is 7.69. The summed E-state index contributed by atoms with van der Waals surface area (Å²) in [6, 6.07) is 9.56. The molecule has 0 aliphatic carbocycles. The van der Waals surface area contributed by atoms with Gasteiger partial charge in [0.2, 0.25) is 0 Å². The van der Waals surface area contributed by atoms with Gasteiger partial charge in [0.05, 0.1) is 18.6 Å². The van der Waals surface area contributed by atoms with E-state index in [4.69, 9.17) is 17.0 Å². The number of carbonyl (C=O) groups is 1. The van der Waals surface area contributed by atoms with Crippen LogP contribution in [0.4, 0.5) is 5.82 Å². The van der Waals surface area contributed by atoms with Crippen LogP contribution in [0.2, 0.25) is 0 Å². The monoisotopic (exact) mass is 496 g/mol.